The van der Waals surface area contributed by atoms with Crippen LogP contribution in [0.5, 0.6) is 0 Å². The van der Waals surface area contributed by atoms with Crippen molar-refractivity contribution in [3.05, 3.63) is 46.7 Å². The number of aromatic nitrogens is 2. The van der Waals surface area contributed by atoms with Crippen molar-refractivity contribution >= 4 is 35.1 Å². The van der Waals surface area contributed by atoms with Crippen LogP contribution in [-0.2, 0) is 9.59 Å². The number of piperazine rings is 1. The highest BCUT2D eigenvalue weighted by molar-refractivity contribution is 6.30. The number of fused-ring (bicyclic) bond motifs is 2. The molecule has 2 N–H and O–H groups in total. The minimum absolute atomic E-state index is 0.00835. The molecule has 1 aromatic carbocycles. The van der Waals surface area contributed by atoms with Crippen molar-refractivity contribution in [1.82, 2.24) is 20.2 Å². The van der Waals surface area contributed by atoms with Crippen molar-refractivity contribution in [2.45, 2.75) is 64.1 Å². The monoisotopic (exact) mass is 496 g/mol. The number of hydrogen-bond acceptors (Lipinski definition) is 6. The van der Waals surface area contributed by atoms with Crippen molar-refractivity contribution in [3.8, 4) is 0 Å². The number of nitrogens with one attached hydrogen (secondary N) is 2. The highest BCUT2D eigenvalue weighted by atomic mass is 35.5. The fraction of sp³-hybridized carbons (Fsp3) is 0.538. The van der Waals surface area contributed by atoms with Crippen molar-refractivity contribution in [3.63, 3.8) is 0 Å². The van der Waals surface area contributed by atoms with E-state index in [1.54, 1.807) is 0 Å². The minimum atomic E-state index is -0.267. The van der Waals surface area contributed by atoms with Gasteiger partial charge in [-0.1, -0.05) is 51.4 Å². The normalized spacial score (nSPS) is 26.2. The molecule has 2 amide bonds. The quantitative estimate of drug-likeness (QED) is 0.637. The van der Waals surface area contributed by atoms with Gasteiger partial charge in [0.15, 0.2) is 0 Å². The Morgan fingerprint density at radius 1 is 1.17 bits per heavy atom. The van der Waals surface area contributed by atoms with Crippen LogP contribution in [0.3, 0.4) is 0 Å². The summed E-state index contributed by atoms with van der Waals surface area (Å²) in [6.07, 6.45) is 1.96. The van der Waals surface area contributed by atoms with Gasteiger partial charge in [-0.3, -0.25) is 9.59 Å². The van der Waals surface area contributed by atoms with Crippen LogP contribution >= 0.6 is 11.6 Å². The first kappa shape index (κ1) is 24.0. The summed E-state index contributed by atoms with van der Waals surface area (Å²) in [6.45, 7) is 10.4. The van der Waals surface area contributed by atoms with Gasteiger partial charge in [0.25, 0.3) is 0 Å². The van der Waals surface area contributed by atoms with E-state index in [2.05, 4.69) is 58.1 Å². The summed E-state index contributed by atoms with van der Waals surface area (Å²) in [7, 11) is 0. The first-order chi connectivity index (χ1) is 16.8. The van der Waals surface area contributed by atoms with Gasteiger partial charge in [0, 0.05) is 48.6 Å². The zero-order valence-corrected chi connectivity index (χ0v) is 21.4. The van der Waals surface area contributed by atoms with Gasteiger partial charge in [-0.15, -0.1) is 0 Å². The molecule has 0 spiro atoms. The third-order valence-electron chi connectivity index (χ3n) is 7.55. The van der Waals surface area contributed by atoms with Crippen LogP contribution in [0.4, 0.5) is 11.6 Å². The van der Waals surface area contributed by atoms with Gasteiger partial charge < -0.3 is 20.4 Å². The maximum atomic E-state index is 13.9. The van der Waals surface area contributed by atoms with Crippen LogP contribution < -0.4 is 15.5 Å². The summed E-state index contributed by atoms with van der Waals surface area (Å²) >= 11 is 6.11. The third-order valence-corrected chi connectivity index (χ3v) is 7.80. The Morgan fingerprint density at radius 2 is 1.91 bits per heavy atom. The number of carbonyl (C=O) groups is 2. The number of nitrogens with zero attached hydrogens (tertiary/aromatic N) is 4. The van der Waals surface area contributed by atoms with Crippen LogP contribution in [0.1, 0.15) is 57.1 Å². The smallest absolute Gasteiger partial charge is 0.231 e. The van der Waals surface area contributed by atoms with Crippen LogP contribution in [0.2, 0.25) is 5.02 Å². The molecule has 1 aliphatic carbocycles. The van der Waals surface area contributed by atoms with E-state index < -0.39 is 0 Å². The number of anilines is 2. The summed E-state index contributed by atoms with van der Waals surface area (Å²) in [5.41, 5.74) is 1.99. The Kier molecular flexibility index (Phi) is 6.44. The third kappa shape index (κ3) is 4.49. The lowest BCUT2D eigenvalue weighted by Crippen LogP contribution is -2.51. The predicted molar refractivity (Wildman–Crippen MR) is 137 cm³/mol. The maximum Gasteiger partial charge on any atom is 0.231 e. The van der Waals surface area contributed by atoms with E-state index in [0.717, 1.165) is 16.9 Å². The fourth-order valence-electron chi connectivity index (χ4n) is 5.70. The molecule has 35 heavy (non-hydrogen) atoms. The fourth-order valence-corrected chi connectivity index (χ4v) is 5.83. The second kappa shape index (κ2) is 9.39. The lowest BCUT2D eigenvalue weighted by Gasteiger charge is -2.38. The van der Waals surface area contributed by atoms with Crippen LogP contribution in [-0.4, -0.2) is 64.4 Å². The van der Waals surface area contributed by atoms with Gasteiger partial charge >= 0.3 is 0 Å². The van der Waals surface area contributed by atoms with Gasteiger partial charge in [0.05, 0.1) is 18.0 Å². The molecule has 2 fully saturated rings. The Morgan fingerprint density at radius 3 is 2.63 bits per heavy atom. The van der Waals surface area contributed by atoms with Crippen molar-refractivity contribution in [2.75, 3.05) is 29.9 Å². The highest BCUT2D eigenvalue weighted by Gasteiger charge is 2.59. The lowest BCUT2D eigenvalue weighted by atomic mass is 9.94. The standard InChI is InChI=1S/C26H33ClN6O2/c1-14(2)28-12-19(17-5-7-18(27)8-6-17)26(35)33-10-9-32(22-16(4)23(22)33)25-21-15(3)11-20(34)31-24(21)29-13-30-25/h5-8,13-16,19,22-23,28H,9-12H2,1-4H3,(H,29,30,31,34)/t15-,16+,19-,22-,23+/m1/s1. The topological polar surface area (TPSA) is 90.5 Å². The van der Waals surface area contributed by atoms with Crippen LogP contribution in [0.25, 0.3) is 0 Å². The summed E-state index contributed by atoms with van der Waals surface area (Å²) in [6, 6.07) is 8.26. The molecule has 9 heteroatoms. The SMILES string of the molecule is CC(C)NC[C@@H](C(=O)N1CCN(c2ncnc3c2[C@H](C)CC(=O)N3)[C@@H]2[C@H](C)[C@@H]21)c1ccc(Cl)cc1. The molecule has 1 aromatic heterocycles. The number of amides is 2. The highest BCUT2D eigenvalue weighted by Crippen LogP contribution is 2.48. The van der Waals surface area contributed by atoms with Crippen LogP contribution in [0, 0.1) is 5.92 Å². The average Bonchev–Trinajstić information content (AvgIpc) is 3.50. The van der Waals surface area contributed by atoms with Gasteiger partial charge in [0.2, 0.25) is 11.8 Å². The average molecular weight is 497 g/mol. The number of rotatable bonds is 6. The molecule has 3 heterocycles. The molecule has 0 bridgehead atoms. The van der Waals surface area contributed by atoms with E-state index >= 15 is 0 Å². The van der Waals surface area contributed by atoms with Gasteiger partial charge in [-0.2, -0.15) is 0 Å². The number of benzene rings is 1. The van der Waals surface area contributed by atoms with Crippen LogP contribution in [0.15, 0.2) is 30.6 Å². The predicted octanol–water partition coefficient (Wildman–Crippen LogP) is 3.39. The van der Waals surface area contributed by atoms with E-state index in [0.29, 0.717) is 42.8 Å². The Labute approximate surface area is 211 Å². The van der Waals surface area contributed by atoms with Gasteiger partial charge in [-0.05, 0) is 23.6 Å². The second-order valence-corrected chi connectivity index (χ2v) is 10.8. The Balaban J connectivity index is 1.39. The molecule has 5 atom stereocenters. The van der Waals surface area contributed by atoms with Crippen molar-refractivity contribution < 1.29 is 9.59 Å². The molecule has 1 saturated carbocycles. The maximum absolute atomic E-state index is 13.9. The first-order valence-corrected chi connectivity index (χ1v) is 12.8. The summed E-state index contributed by atoms with van der Waals surface area (Å²) in [5, 5.41) is 7.02. The summed E-state index contributed by atoms with van der Waals surface area (Å²) in [4.78, 5) is 39.3. The Hall–Kier alpha value is -2.71. The van der Waals surface area contributed by atoms with E-state index in [-0.39, 0.29) is 41.8 Å². The van der Waals surface area contributed by atoms with E-state index in [9.17, 15) is 9.59 Å². The van der Waals surface area contributed by atoms with Crippen molar-refractivity contribution in [1.29, 1.82) is 0 Å². The molecule has 3 aliphatic rings. The second-order valence-electron chi connectivity index (χ2n) is 10.3. The van der Waals surface area contributed by atoms with E-state index in [1.165, 1.54) is 6.33 Å². The molecule has 5 rings (SSSR count). The molecular formula is C26H33ClN6O2. The molecule has 2 aliphatic heterocycles. The molecule has 1 saturated heterocycles. The zero-order valence-electron chi connectivity index (χ0n) is 20.7. The zero-order chi connectivity index (χ0) is 24.9. The first-order valence-electron chi connectivity index (χ1n) is 12.5. The molecule has 186 valence electrons. The van der Waals surface area contributed by atoms with E-state index in [1.807, 2.05) is 24.3 Å². The van der Waals surface area contributed by atoms with Gasteiger partial charge in [0.1, 0.15) is 18.0 Å². The van der Waals surface area contributed by atoms with E-state index in [4.69, 9.17) is 11.6 Å². The summed E-state index contributed by atoms with van der Waals surface area (Å²) in [5.74, 6) is 1.78. The molecule has 8 nitrogen and oxygen atoms in total. The molecular weight excluding hydrogens is 464 g/mol. The molecule has 0 unspecified atom stereocenters. The number of halogens is 1. The number of hydrogen-bond donors (Lipinski definition) is 2. The molecule has 2 aromatic rings. The van der Waals surface area contributed by atoms with Gasteiger partial charge in [-0.25, -0.2) is 9.97 Å². The summed E-state index contributed by atoms with van der Waals surface area (Å²) < 4.78 is 0. The van der Waals surface area contributed by atoms with Crippen molar-refractivity contribution in [2.24, 2.45) is 5.92 Å². The number of carbonyl (C=O) groups excluding carboxylic acids is 2. The Bertz CT molecular complexity index is 1120. The molecule has 0 radical (unpaired) electrons. The largest absolute Gasteiger partial charge is 0.349 e. The lowest BCUT2D eigenvalue weighted by molar-refractivity contribution is -0.134. The minimum Gasteiger partial charge on any atom is -0.349 e.